The average molecular weight is 859 g/mol. The van der Waals surface area contributed by atoms with E-state index in [0.29, 0.717) is 0 Å². The zero-order valence-electron chi connectivity index (χ0n) is 42.3. The lowest BCUT2D eigenvalue weighted by Gasteiger charge is -2.49. The van der Waals surface area contributed by atoms with Gasteiger partial charge in [0.1, 0.15) is 11.8 Å². The van der Waals surface area contributed by atoms with Crippen LogP contribution in [-0.2, 0) is 27.1 Å². The van der Waals surface area contributed by atoms with Gasteiger partial charge in [-0.05, 0) is 165 Å². The highest BCUT2D eigenvalue weighted by Gasteiger charge is 2.56. The minimum atomic E-state index is -0.158. The first-order valence-corrected chi connectivity index (χ1v) is 24.4. The van der Waals surface area contributed by atoms with Gasteiger partial charge in [-0.1, -0.05) is 150 Å². The minimum absolute atomic E-state index is 0.00652. The number of hydrogen-bond donors (Lipinski definition) is 0. The third-order valence-electron chi connectivity index (χ3n) is 15.8. The third-order valence-corrected chi connectivity index (χ3v) is 15.8. The van der Waals surface area contributed by atoms with Crippen molar-refractivity contribution in [3.63, 3.8) is 0 Å². The molecule has 6 aromatic rings. The largest absolute Gasteiger partial charge is 0.495 e. The number of nitrogens with zero attached hydrogens (tertiary/aromatic N) is 2. The van der Waals surface area contributed by atoms with Crippen molar-refractivity contribution >= 4 is 46.1 Å². The van der Waals surface area contributed by atoms with E-state index in [9.17, 15) is 0 Å². The maximum Gasteiger partial charge on any atom is 0.267 e. The van der Waals surface area contributed by atoms with Crippen molar-refractivity contribution in [2.24, 2.45) is 0 Å². The Morgan fingerprint density at radius 2 is 1.12 bits per heavy atom. The van der Waals surface area contributed by atoms with E-state index >= 15 is 0 Å². The summed E-state index contributed by atoms with van der Waals surface area (Å²) in [5.74, 6) is 1.02. The summed E-state index contributed by atoms with van der Waals surface area (Å²) in [7, 11) is 0. The van der Waals surface area contributed by atoms with E-state index in [2.05, 4.69) is 224 Å². The van der Waals surface area contributed by atoms with Gasteiger partial charge in [-0.3, -0.25) is 0 Å². The predicted octanol–water partition coefficient (Wildman–Crippen LogP) is 15.1. The normalized spacial score (nSPS) is 19.2. The zero-order valence-corrected chi connectivity index (χ0v) is 42.3. The third kappa shape index (κ3) is 6.98. The Bertz CT molecular complexity index is 2910. The van der Waals surface area contributed by atoms with Gasteiger partial charge in [0.15, 0.2) is 0 Å². The molecule has 1 aliphatic carbocycles. The zero-order chi connectivity index (χ0) is 46.5. The molecule has 0 aromatic heterocycles. The standard InChI is InChI=1S/C61H71BN2O/c1-36-17-18-38(3)44(29-36)45-34-46-47(61(15,16)28-27-60(46,13)14)35-50(45)64-49-26-22-40(58(7,8)9)32-48(49)62-54-51(30-37(2)31-52(54)64)63(42-23-19-39(20-24-42)57(4,5)6)55-43-25-21-41(59(10,11)12)33-53(43)65-56(55)62/h17-26,29-35,55-56H,27-28H2,1-16H3. The summed E-state index contributed by atoms with van der Waals surface area (Å²) in [5, 5.41) is 0. The molecule has 3 aliphatic heterocycles. The van der Waals surface area contributed by atoms with E-state index in [1.54, 1.807) is 0 Å². The first-order valence-electron chi connectivity index (χ1n) is 24.4. The second-order valence-electron chi connectivity index (χ2n) is 24.8. The van der Waals surface area contributed by atoms with Gasteiger partial charge in [-0.25, -0.2) is 0 Å². The van der Waals surface area contributed by atoms with Gasteiger partial charge in [0.05, 0.1) is 11.7 Å². The molecule has 0 radical (unpaired) electrons. The lowest BCUT2D eigenvalue weighted by Crippen LogP contribution is -2.65. The van der Waals surface area contributed by atoms with Crippen molar-refractivity contribution in [2.75, 3.05) is 9.80 Å². The van der Waals surface area contributed by atoms with Crippen LogP contribution >= 0.6 is 0 Å². The number of anilines is 5. The molecule has 0 amide bonds. The average Bonchev–Trinajstić information content (AvgIpc) is 3.60. The number of aryl methyl sites for hydroxylation is 3. The molecule has 65 heavy (non-hydrogen) atoms. The summed E-state index contributed by atoms with van der Waals surface area (Å²) in [6.07, 6.45) is 2.33. The van der Waals surface area contributed by atoms with E-state index in [4.69, 9.17) is 4.74 Å². The molecule has 0 fully saturated rings. The molecule has 0 bridgehead atoms. The lowest BCUT2D eigenvalue weighted by atomic mass is 9.32. The maximum atomic E-state index is 7.57. The molecular weight excluding hydrogens is 787 g/mol. The molecule has 4 heteroatoms. The summed E-state index contributed by atoms with van der Waals surface area (Å²) < 4.78 is 7.57. The quantitative estimate of drug-likeness (QED) is 0.165. The topological polar surface area (TPSA) is 15.7 Å². The molecule has 10 rings (SSSR count). The molecule has 4 aliphatic rings. The van der Waals surface area contributed by atoms with E-state index < -0.39 is 0 Å². The van der Waals surface area contributed by atoms with Crippen molar-refractivity contribution in [1.29, 1.82) is 0 Å². The molecule has 6 aromatic carbocycles. The number of benzene rings is 6. The maximum absolute atomic E-state index is 7.57. The Morgan fingerprint density at radius 3 is 1.77 bits per heavy atom. The van der Waals surface area contributed by atoms with Gasteiger partial charge in [0.25, 0.3) is 6.71 Å². The van der Waals surface area contributed by atoms with Gasteiger partial charge < -0.3 is 14.5 Å². The van der Waals surface area contributed by atoms with Crippen molar-refractivity contribution in [2.45, 2.75) is 163 Å². The van der Waals surface area contributed by atoms with E-state index in [0.717, 1.165) is 12.2 Å². The van der Waals surface area contributed by atoms with Gasteiger partial charge in [0.2, 0.25) is 0 Å². The van der Waals surface area contributed by atoms with Crippen LogP contribution < -0.4 is 25.5 Å². The lowest BCUT2D eigenvalue weighted by molar-refractivity contribution is 0.282. The number of hydrogen-bond acceptors (Lipinski definition) is 3. The van der Waals surface area contributed by atoms with Crippen molar-refractivity contribution in [3.8, 4) is 16.9 Å². The van der Waals surface area contributed by atoms with Crippen molar-refractivity contribution in [1.82, 2.24) is 0 Å². The van der Waals surface area contributed by atoms with Crippen LogP contribution in [0.4, 0.5) is 28.4 Å². The Morgan fingerprint density at radius 1 is 0.538 bits per heavy atom. The van der Waals surface area contributed by atoms with Crippen LogP contribution in [0.3, 0.4) is 0 Å². The second kappa shape index (κ2) is 14.4. The second-order valence-corrected chi connectivity index (χ2v) is 24.8. The molecule has 334 valence electrons. The van der Waals surface area contributed by atoms with Gasteiger partial charge in [-0.15, -0.1) is 0 Å². The fourth-order valence-electron chi connectivity index (χ4n) is 11.7. The summed E-state index contributed by atoms with van der Waals surface area (Å²) in [6.45, 7) is 37.6. The Labute approximate surface area is 391 Å². The van der Waals surface area contributed by atoms with Crippen molar-refractivity contribution in [3.05, 3.63) is 153 Å². The van der Waals surface area contributed by atoms with Crippen LogP contribution in [0.25, 0.3) is 11.1 Å². The summed E-state index contributed by atoms with van der Waals surface area (Å²) in [6, 6.07) is 40.9. The number of fused-ring (bicyclic) bond motifs is 7. The molecular formula is C61H71BN2O. The van der Waals surface area contributed by atoms with E-state index in [1.807, 2.05) is 0 Å². The van der Waals surface area contributed by atoms with Gasteiger partial charge >= 0.3 is 0 Å². The molecule has 0 saturated heterocycles. The Balaban J connectivity index is 1.32. The first-order chi connectivity index (χ1) is 30.3. The van der Waals surface area contributed by atoms with Gasteiger partial charge in [-0.2, -0.15) is 0 Å². The van der Waals surface area contributed by atoms with Gasteiger partial charge in [0, 0.05) is 33.9 Å². The van der Waals surface area contributed by atoms with Crippen LogP contribution in [0, 0.1) is 20.8 Å². The smallest absolute Gasteiger partial charge is 0.267 e. The fraction of sp³-hybridized carbons (Fsp3) is 0.410. The van der Waals surface area contributed by atoms with E-state index in [1.165, 1.54) is 107 Å². The molecule has 3 heterocycles. The fourth-order valence-corrected chi connectivity index (χ4v) is 11.7. The minimum Gasteiger partial charge on any atom is -0.495 e. The van der Waals surface area contributed by atoms with Crippen LogP contribution in [0.5, 0.6) is 5.75 Å². The molecule has 0 saturated carbocycles. The summed E-state index contributed by atoms with van der Waals surface area (Å²) >= 11 is 0. The highest BCUT2D eigenvalue weighted by molar-refractivity contribution is 6.91. The molecule has 0 N–H and O–H groups in total. The SMILES string of the molecule is Cc1ccc(C)c(-c2cc3c(cc2N2c4ccc(C(C)(C)C)cc4B4c5c2cc(C)cc5N(c2ccc(C(C)(C)C)cc2)C2c5ccc(C(C)(C)C)cc5OC42)C(C)(C)CCC3(C)C)c1. The van der Waals surface area contributed by atoms with Crippen LogP contribution in [0.2, 0.25) is 0 Å². The number of rotatable bonds is 3. The van der Waals surface area contributed by atoms with E-state index in [-0.39, 0.29) is 45.8 Å². The summed E-state index contributed by atoms with van der Waals surface area (Å²) in [4.78, 5) is 5.34. The summed E-state index contributed by atoms with van der Waals surface area (Å²) in [5.41, 5.74) is 23.7. The van der Waals surface area contributed by atoms with Crippen LogP contribution in [-0.4, -0.2) is 12.7 Å². The highest BCUT2D eigenvalue weighted by Crippen LogP contribution is 2.56. The highest BCUT2D eigenvalue weighted by atomic mass is 16.5. The van der Waals surface area contributed by atoms with Crippen LogP contribution in [0.15, 0.2) is 103 Å². The van der Waals surface area contributed by atoms with Crippen LogP contribution in [0.1, 0.15) is 159 Å². The Hall–Kier alpha value is -5.22. The van der Waals surface area contributed by atoms with Crippen molar-refractivity contribution < 1.29 is 4.74 Å². The number of ether oxygens (including phenoxy) is 1. The Kier molecular flexibility index (Phi) is 9.67. The molecule has 0 spiro atoms. The molecule has 2 unspecified atom stereocenters. The molecule has 3 nitrogen and oxygen atoms in total. The monoisotopic (exact) mass is 859 g/mol. The molecule has 2 atom stereocenters. The first kappa shape index (κ1) is 43.7. The predicted molar refractivity (Wildman–Crippen MR) is 279 cm³/mol.